The molecule has 1 heterocycles. The number of ether oxygens (including phenoxy) is 1. The monoisotopic (exact) mass is 422 g/mol. The highest BCUT2D eigenvalue weighted by atomic mass is 19.1. The van der Waals surface area contributed by atoms with Gasteiger partial charge in [0.05, 0.1) is 9.30 Å². The number of carbonyl (C=O) groups is 1. The van der Waals surface area contributed by atoms with Crippen LogP contribution in [-0.2, 0) is 13.1 Å². The third kappa shape index (κ3) is 6.73. The molecule has 0 unspecified atom stereocenters. The van der Waals surface area contributed by atoms with Gasteiger partial charge in [-0.25, -0.2) is 9.18 Å². The van der Waals surface area contributed by atoms with E-state index in [2.05, 4.69) is 10.6 Å². The van der Waals surface area contributed by atoms with Crippen LogP contribution in [0.5, 0.6) is 5.75 Å². The molecular formula is C24H32FN3O2. The van der Waals surface area contributed by atoms with E-state index in [4.69, 9.17) is 17.1 Å². The molecule has 0 atom stereocenters. The molecule has 162 valence electrons. The summed E-state index contributed by atoms with van der Waals surface area (Å²) in [5.41, 5.74) is 1.41. The molecule has 0 aromatic heterocycles. The molecule has 0 spiro atoms. The highest BCUT2D eigenvalue weighted by Gasteiger charge is 2.25. The number of piperidine rings is 1. The van der Waals surface area contributed by atoms with Crippen LogP contribution in [0.4, 0.5) is 9.18 Å². The standard InChI is InChI=1S/C24H32FN3O2/c1-18(2)17-30-23-9-5-19(6-10-23)15-27-24(29)28(22-11-13-26-14-12-22)16-20-3-7-21(25)8-4-20/h3-10,18,22,26H,11-17H2,1-2H3,(H,27,29)/i1D3,2D3,17D2,18D. The summed E-state index contributed by atoms with van der Waals surface area (Å²) in [4.78, 5) is 14.9. The van der Waals surface area contributed by atoms with Gasteiger partial charge in [0.2, 0.25) is 0 Å². The molecular weight excluding hydrogens is 381 g/mol. The SMILES string of the molecule is [2H]C([2H])([2H])C([2H])(C([2H])([2H])[2H])C([2H])([2H])Oc1ccc(CNC(=O)N(Cc2ccc(F)cc2)C2CCNCC2)cc1. The fraction of sp³-hybridized carbons (Fsp3) is 0.458. The number of nitrogens with zero attached hydrogens (tertiary/aromatic N) is 1. The van der Waals surface area contributed by atoms with Crippen molar-refractivity contribution in [2.75, 3.05) is 19.6 Å². The van der Waals surface area contributed by atoms with Crippen LogP contribution in [0.2, 0.25) is 0 Å². The molecule has 0 bridgehead atoms. The van der Waals surface area contributed by atoms with Gasteiger partial charge in [0.15, 0.2) is 0 Å². The smallest absolute Gasteiger partial charge is 0.318 e. The van der Waals surface area contributed by atoms with Crippen LogP contribution in [0.3, 0.4) is 0 Å². The van der Waals surface area contributed by atoms with Crippen LogP contribution in [0.1, 0.15) is 50.0 Å². The van der Waals surface area contributed by atoms with Gasteiger partial charge < -0.3 is 20.3 Å². The van der Waals surface area contributed by atoms with Crippen molar-refractivity contribution in [2.24, 2.45) is 5.89 Å². The number of nitrogens with one attached hydrogen (secondary N) is 2. The average Bonchev–Trinajstić information content (AvgIpc) is 2.86. The minimum Gasteiger partial charge on any atom is -0.493 e. The highest BCUT2D eigenvalue weighted by molar-refractivity contribution is 5.74. The molecule has 0 radical (unpaired) electrons. The van der Waals surface area contributed by atoms with E-state index < -0.39 is 26.2 Å². The Morgan fingerprint density at radius 2 is 1.90 bits per heavy atom. The summed E-state index contributed by atoms with van der Waals surface area (Å²) >= 11 is 0. The minimum absolute atomic E-state index is 0.00380. The van der Waals surface area contributed by atoms with Gasteiger partial charge in [-0.2, -0.15) is 0 Å². The van der Waals surface area contributed by atoms with E-state index in [0.29, 0.717) is 12.1 Å². The van der Waals surface area contributed by atoms with E-state index in [1.807, 2.05) is 0 Å². The zero-order valence-electron chi connectivity index (χ0n) is 25.6. The molecule has 5 nitrogen and oxygen atoms in total. The van der Waals surface area contributed by atoms with Gasteiger partial charge >= 0.3 is 6.03 Å². The molecule has 2 aromatic carbocycles. The van der Waals surface area contributed by atoms with Gasteiger partial charge in [-0.15, -0.1) is 0 Å². The van der Waals surface area contributed by atoms with Gasteiger partial charge in [0.1, 0.15) is 11.6 Å². The second-order valence-corrected chi connectivity index (χ2v) is 7.12. The number of hydrogen-bond donors (Lipinski definition) is 2. The number of amides is 2. The molecule has 1 saturated heterocycles. The Morgan fingerprint density at radius 3 is 2.57 bits per heavy atom. The second-order valence-electron chi connectivity index (χ2n) is 7.12. The molecule has 1 fully saturated rings. The summed E-state index contributed by atoms with van der Waals surface area (Å²) < 4.78 is 87.4. The van der Waals surface area contributed by atoms with Crippen molar-refractivity contribution in [3.05, 3.63) is 65.5 Å². The lowest BCUT2D eigenvalue weighted by Gasteiger charge is -2.35. The largest absolute Gasteiger partial charge is 0.493 e. The van der Waals surface area contributed by atoms with Crippen molar-refractivity contribution in [1.29, 1.82) is 0 Å². The van der Waals surface area contributed by atoms with E-state index in [1.54, 1.807) is 17.0 Å². The predicted octanol–water partition coefficient (Wildman–Crippen LogP) is 4.32. The van der Waals surface area contributed by atoms with Gasteiger partial charge in [-0.3, -0.25) is 0 Å². The Bertz CT molecular complexity index is 1090. The van der Waals surface area contributed by atoms with Gasteiger partial charge in [-0.1, -0.05) is 38.0 Å². The van der Waals surface area contributed by atoms with Crippen molar-refractivity contribution in [3.63, 3.8) is 0 Å². The number of urea groups is 1. The summed E-state index contributed by atoms with van der Waals surface area (Å²) in [5, 5.41) is 6.12. The van der Waals surface area contributed by atoms with E-state index in [-0.39, 0.29) is 30.2 Å². The molecule has 30 heavy (non-hydrogen) atoms. The van der Waals surface area contributed by atoms with Crippen molar-refractivity contribution in [1.82, 2.24) is 15.5 Å². The van der Waals surface area contributed by atoms with Crippen LogP contribution in [-0.4, -0.2) is 36.6 Å². The number of benzene rings is 2. The molecule has 0 aliphatic carbocycles. The molecule has 2 N–H and O–H groups in total. The molecule has 1 aliphatic heterocycles. The molecule has 3 rings (SSSR count). The zero-order valence-corrected chi connectivity index (χ0v) is 16.6. The van der Waals surface area contributed by atoms with Crippen LogP contribution in [0, 0.1) is 11.7 Å². The Morgan fingerprint density at radius 1 is 1.23 bits per heavy atom. The maximum atomic E-state index is 13.3. The summed E-state index contributed by atoms with van der Waals surface area (Å²) in [6.07, 6.45) is 1.54. The number of rotatable bonds is 8. The molecule has 0 saturated carbocycles. The van der Waals surface area contributed by atoms with Gasteiger partial charge in [0, 0.05) is 28.7 Å². The van der Waals surface area contributed by atoms with Crippen LogP contribution in [0.15, 0.2) is 48.5 Å². The van der Waals surface area contributed by atoms with E-state index in [1.165, 1.54) is 36.4 Å². The Hall–Kier alpha value is -2.60. The summed E-state index contributed by atoms with van der Waals surface area (Å²) in [6.45, 7) is -8.41. The first-order valence-corrected chi connectivity index (χ1v) is 9.83. The first-order chi connectivity index (χ1) is 18.0. The summed E-state index contributed by atoms with van der Waals surface area (Å²) in [5.74, 6) is -4.07. The number of carbonyl (C=O) groups excluding carboxylic acids is 1. The van der Waals surface area contributed by atoms with Gasteiger partial charge in [-0.05, 0) is 67.2 Å². The molecule has 1 aliphatic rings. The zero-order chi connectivity index (χ0) is 29.1. The fourth-order valence-electron chi connectivity index (χ4n) is 3.34. The Labute approximate surface area is 191 Å². The maximum Gasteiger partial charge on any atom is 0.318 e. The molecule has 2 aromatic rings. The van der Waals surface area contributed by atoms with Crippen molar-refractivity contribution < 1.29 is 26.3 Å². The highest BCUT2D eigenvalue weighted by Crippen LogP contribution is 2.17. The predicted molar refractivity (Wildman–Crippen MR) is 117 cm³/mol. The van der Waals surface area contributed by atoms with Crippen LogP contribution < -0.4 is 15.4 Å². The minimum atomic E-state index is -3.54. The third-order valence-electron chi connectivity index (χ3n) is 4.91. The first kappa shape index (κ1) is 13.0. The number of hydrogen-bond acceptors (Lipinski definition) is 3. The summed E-state index contributed by atoms with van der Waals surface area (Å²) in [7, 11) is 0. The lowest BCUT2D eigenvalue weighted by Crippen LogP contribution is -2.49. The van der Waals surface area contributed by atoms with Crippen molar-refractivity contribution in [2.45, 2.75) is 45.7 Å². The van der Waals surface area contributed by atoms with E-state index >= 15 is 0 Å². The topological polar surface area (TPSA) is 53.6 Å². The van der Waals surface area contributed by atoms with Gasteiger partial charge in [0.25, 0.3) is 0 Å². The molecule has 6 heteroatoms. The fourth-order valence-corrected chi connectivity index (χ4v) is 3.34. The normalized spacial score (nSPS) is 20.6. The van der Waals surface area contributed by atoms with Crippen LogP contribution >= 0.6 is 0 Å². The van der Waals surface area contributed by atoms with E-state index in [0.717, 1.165) is 31.5 Å². The lowest BCUT2D eigenvalue weighted by molar-refractivity contribution is 0.154. The summed E-state index contributed by atoms with van der Waals surface area (Å²) in [6, 6.07) is 11.3. The molecule has 2 amide bonds. The van der Waals surface area contributed by atoms with Crippen molar-refractivity contribution in [3.8, 4) is 5.75 Å². The lowest BCUT2D eigenvalue weighted by atomic mass is 10.0. The maximum absolute atomic E-state index is 13.3. The Balaban J connectivity index is 1.68. The van der Waals surface area contributed by atoms with Crippen molar-refractivity contribution >= 4 is 6.03 Å². The first-order valence-electron chi connectivity index (χ1n) is 14.3. The second kappa shape index (κ2) is 11.0. The average molecular weight is 423 g/mol. The van der Waals surface area contributed by atoms with Crippen LogP contribution in [0.25, 0.3) is 0 Å². The Kier molecular flexibility index (Phi) is 4.74. The third-order valence-corrected chi connectivity index (χ3v) is 4.91. The van der Waals surface area contributed by atoms with E-state index in [9.17, 15) is 9.18 Å². The quantitative estimate of drug-likeness (QED) is 0.666. The number of halogens is 1.